The molecule has 5 nitrogen and oxygen atoms in total. The molecule has 0 unspecified atom stereocenters. The van der Waals surface area contributed by atoms with E-state index in [0.29, 0.717) is 5.56 Å². The fraction of sp³-hybridized carbons (Fsp3) is 0.538. The number of hydrogen-bond donors (Lipinski definition) is 2. The molecule has 5 heteroatoms. The van der Waals surface area contributed by atoms with Crippen LogP contribution in [0.3, 0.4) is 0 Å². The summed E-state index contributed by atoms with van der Waals surface area (Å²) in [6.07, 6.45) is -0.774. The van der Waals surface area contributed by atoms with Crippen LogP contribution in [-0.4, -0.2) is 21.6 Å². The largest absolute Gasteiger partial charge is 0.387 e. The fourth-order valence-corrected chi connectivity index (χ4v) is 1.87. The highest BCUT2D eigenvalue weighted by Crippen LogP contribution is 2.22. The molecule has 0 fully saturated rings. The van der Waals surface area contributed by atoms with E-state index in [1.165, 1.54) is 12.1 Å². The quantitative estimate of drug-likeness (QED) is 0.637. The Hall–Kier alpha value is -1.46. The third-order valence-electron chi connectivity index (χ3n) is 2.56. The Kier molecular flexibility index (Phi) is 4.43. The number of hydrogen-bond acceptors (Lipinski definition) is 4. The second kappa shape index (κ2) is 5.46. The zero-order chi connectivity index (χ0) is 13.9. The molecule has 100 valence electrons. The standard InChI is InChI=1S/C13H20N2O3/c1-9(14-13(2,3)4)12(16)10-6-5-7-11(8-10)15(17)18/h5-9,12,14,16H,1-4H3/t9-,12-/m0/s1. The maximum atomic E-state index is 10.7. The summed E-state index contributed by atoms with van der Waals surface area (Å²) in [5.41, 5.74) is 0.421. The van der Waals surface area contributed by atoms with Crippen molar-refractivity contribution in [3.8, 4) is 0 Å². The van der Waals surface area contributed by atoms with E-state index in [1.807, 2.05) is 27.7 Å². The first-order valence-electron chi connectivity index (χ1n) is 5.91. The van der Waals surface area contributed by atoms with Crippen LogP contribution >= 0.6 is 0 Å². The number of nitro benzene ring substituents is 1. The van der Waals surface area contributed by atoms with Crippen molar-refractivity contribution < 1.29 is 10.0 Å². The van der Waals surface area contributed by atoms with Crippen LogP contribution in [-0.2, 0) is 0 Å². The van der Waals surface area contributed by atoms with Crippen LogP contribution in [0.15, 0.2) is 24.3 Å². The van der Waals surface area contributed by atoms with Crippen molar-refractivity contribution in [2.75, 3.05) is 0 Å². The van der Waals surface area contributed by atoms with Gasteiger partial charge >= 0.3 is 0 Å². The van der Waals surface area contributed by atoms with Gasteiger partial charge in [-0.2, -0.15) is 0 Å². The van der Waals surface area contributed by atoms with Gasteiger partial charge in [0.1, 0.15) is 0 Å². The molecular weight excluding hydrogens is 232 g/mol. The summed E-state index contributed by atoms with van der Waals surface area (Å²) in [7, 11) is 0. The summed E-state index contributed by atoms with van der Waals surface area (Å²) in [5, 5.41) is 24.1. The Labute approximate surface area is 107 Å². The highest BCUT2D eigenvalue weighted by molar-refractivity contribution is 5.35. The molecule has 0 aromatic heterocycles. The summed E-state index contributed by atoms with van der Waals surface area (Å²) in [6.45, 7) is 7.87. The van der Waals surface area contributed by atoms with Crippen molar-refractivity contribution >= 4 is 5.69 Å². The van der Waals surface area contributed by atoms with Crippen LogP contribution in [0.2, 0.25) is 0 Å². The minimum atomic E-state index is -0.774. The van der Waals surface area contributed by atoms with Crippen LogP contribution in [0, 0.1) is 10.1 Å². The molecule has 1 aromatic carbocycles. The van der Waals surface area contributed by atoms with Crippen molar-refractivity contribution in [1.29, 1.82) is 0 Å². The number of aliphatic hydroxyl groups is 1. The van der Waals surface area contributed by atoms with Crippen molar-refractivity contribution in [3.63, 3.8) is 0 Å². The first-order chi connectivity index (χ1) is 8.20. The molecule has 0 aliphatic carbocycles. The molecule has 0 saturated heterocycles. The highest BCUT2D eigenvalue weighted by Gasteiger charge is 2.22. The topological polar surface area (TPSA) is 75.4 Å². The molecule has 0 bridgehead atoms. The molecule has 2 N–H and O–H groups in total. The van der Waals surface area contributed by atoms with E-state index < -0.39 is 11.0 Å². The first kappa shape index (κ1) is 14.6. The Bertz CT molecular complexity index is 426. The van der Waals surface area contributed by atoms with Crippen LogP contribution in [0.25, 0.3) is 0 Å². The molecule has 1 rings (SSSR count). The third kappa shape index (κ3) is 4.09. The van der Waals surface area contributed by atoms with E-state index in [1.54, 1.807) is 12.1 Å². The van der Waals surface area contributed by atoms with E-state index in [0.717, 1.165) is 0 Å². The van der Waals surface area contributed by atoms with Gasteiger partial charge < -0.3 is 10.4 Å². The molecule has 0 saturated carbocycles. The van der Waals surface area contributed by atoms with Gasteiger partial charge in [-0.25, -0.2) is 0 Å². The number of nitro groups is 1. The highest BCUT2D eigenvalue weighted by atomic mass is 16.6. The zero-order valence-corrected chi connectivity index (χ0v) is 11.2. The number of non-ortho nitro benzene ring substituents is 1. The van der Waals surface area contributed by atoms with Crippen LogP contribution < -0.4 is 5.32 Å². The smallest absolute Gasteiger partial charge is 0.269 e. The zero-order valence-electron chi connectivity index (χ0n) is 11.2. The molecule has 2 atom stereocenters. The van der Waals surface area contributed by atoms with Gasteiger partial charge in [-0.3, -0.25) is 10.1 Å². The summed E-state index contributed by atoms with van der Waals surface area (Å²) < 4.78 is 0. The van der Waals surface area contributed by atoms with Gasteiger partial charge in [-0.15, -0.1) is 0 Å². The average Bonchev–Trinajstić information content (AvgIpc) is 2.26. The lowest BCUT2D eigenvalue weighted by molar-refractivity contribution is -0.385. The minimum absolute atomic E-state index is 0.00508. The van der Waals surface area contributed by atoms with Crippen LogP contribution in [0.4, 0.5) is 5.69 Å². The van der Waals surface area contributed by atoms with Gasteiger partial charge in [0.2, 0.25) is 0 Å². The van der Waals surface area contributed by atoms with Gasteiger partial charge in [0.25, 0.3) is 5.69 Å². The van der Waals surface area contributed by atoms with E-state index in [4.69, 9.17) is 0 Å². The Morgan fingerprint density at radius 2 is 2.00 bits per heavy atom. The van der Waals surface area contributed by atoms with Gasteiger partial charge in [0.15, 0.2) is 0 Å². The molecule has 0 heterocycles. The van der Waals surface area contributed by atoms with Crippen molar-refractivity contribution in [2.45, 2.75) is 45.4 Å². The SMILES string of the molecule is C[C@H](NC(C)(C)C)[C@H](O)c1cccc([N+](=O)[O-])c1. The van der Waals surface area contributed by atoms with E-state index >= 15 is 0 Å². The number of benzene rings is 1. The second-order valence-electron chi connectivity index (χ2n) is 5.48. The number of aliphatic hydroxyl groups excluding tert-OH is 1. The third-order valence-corrected chi connectivity index (χ3v) is 2.56. The molecule has 0 aliphatic heterocycles. The Balaban J connectivity index is 2.86. The molecule has 0 radical (unpaired) electrons. The van der Waals surface area contributed by atoms with Crippen LogP contribution in [0.5, 0.6) is 0 Å². The van der Waals surface area contributed by atoms with Gasteiger partial charge in [-0.05, 0) is 33.3 Å². The van der Waals surface area contributed by atoms with Crippen molar-refractivity contribution in [2.24, 2.45) is 0 Å². The summed E-state index contributed by atoms with van der Waals surface area (Å²) >= 11 is 0. The second-order valence-corrected chi connectivity index (χ2v) is 5.48. The summed E-state index contributed by atoms with van der Waals surface area (Å²) in [6, 6.07) is 5.91. The van der Waals surface area contributed by atoms with Gasteiger partial charge in [-0.1, -0.05) is 12.1 Å². The first-order valence-corrected chi connectivity index (χ1v) is 5.91. The number of nitrogens with zero attached hydrogens (tertiary/aromatic N) is 1. The minimum Gasteiger partial charge on any atom is -0.387 e. The maximum Gasteiger partial charge on any atom is 0.269 e. The van der Waals surface area contributed by atoms with Gasteiger partial charge in [0, 0.05) is 23.7 Å². The van der Waals surface area contributed by atoms with Gasteiger partial charge in [0.05, 0.1) is 11.0 Å². The summed E-state index contributed by atoms with van der Waals surface area (Å²) in [5.74, 6) is 0. The molecule has 1 aromatic rings. The Morgan fingerprint density at radius 1 is 1.39 bits per heavy atom. The maximum absolute atomic E-state index is 10.7. The molecule has 0 aliphatic rings. The van der Waals surface area contributed by atoms with Crippen LogP contribution in [0.1, 0.15) is 39.4 Å². The molecule has 0 spiro atoms. The Morgan fingerprint density at radius 3 is 2.50 bits per heavy atom. The monoisotopic (exact) mass is 252 g/mol. The average molecular weight is 252 g/mol. The lowest BCUT2D eigenvalue weighted by atomic mass is 9.99. The molecular formula is C13H20N2O3. The predicted molar refractivity (Wildman–Crippen MR) is 70.4 cm³/mol. The van der Waals surface area contributed by atoms with E-state index in [2.05, 4.69) is 5.32 Å². The van der Waals surface area contributed by atoms with Crippen molar-refractivity contribution in [1.82, 2.24) is 5.32 Å². The summed E-state index contributed by atoms with van der Waals surface area (Å²) in [4.78, 5) is 10.2. The number of nitrogens with one attached hydrogen (secondary N) is 1. The lowest BCUT2D eigenvalue weighted by Gasteiger charge is -2.29. The molecule has 18 heavy (non-hydrogen) atoms. The normalized spacial score (nSPS) is 15.2. The predicted octanol–water partition coefficient (Wildman–Crippen LogP) is 2.40. The molecule has 0 amide bonds. The lowest BCUT2D eigenvalue weighted by Crippen LogP contribution is -2.44. The van der Waals surface area contributed by atoms with E-state index in [-0.39, 0.29) is 17.3 Å². The van der Waals surface area contributed by atoms with Crippen molar-refractivity contribution in [3.05, 3.63) is 39.9 Å². The van der Waals surface area contributed by atoms with E-state index in [9.17, 15) is 15.2 Å². The number of rotatable bonds is 4. The fourth-order valence-electron chi connectivity index (χ4n) is 1.87.